The third-order valence-corrected chi connectivity index (χ3v) is 1.24. The Balaban J connectivity index is 3.05. The highest BCUT2D eigenvalue weighted by atomic mass is 31.0. The van der Waals surface area contributed by atoms with E-state index in [1.807, 2.05) is 17.5 Å². The fraction of sp³-hybridized carbons (Fsp3) is 0.333. The number of rotatable bonds is 0. The quantitative estimate of drug-likeness (QED) is 0.475. The first kappa shape index (κ1) is 3.82. The van der Waals surface area contributed by atoms with Crippen LogP contribution >= 0.6 is 8.35 Å². The van der Waals surface area contributed by atoms with Gasteiger partial charge in [0.05, 0.1) is 20.6 Å². The standard InChI is InChI=1S/C3H5N2P/c1-5-2-4-6-3-5/h2-3H,1H3. The maximum absolute atomic E-state index is 3.88. The third kappa shape index (κ3) is 0.575. The number of hydrogen-bond acceptors (Lipinski definition) is 1. The Kier molecular flexibility index (Phi) is 0.887. The largest absolute Gasteiger partial charge is 0.336 e. The van der Waals surface area contributed by atoms with Crippen molar-refractivity contribution in [2.45, 2.75) is 0 Å². The molecule has 1 aromatic heterocycles. The molecule has 0 N–H and O–H groups in total. The molecule has 0 bridgehead atoms. The molecule has 6 heavy (non-hydrogen) atoms. The van der Waals surface area contributed by atoms with Crippen LogP contribution < -0.4 is 0 Å². The van der Waals surface area contributed by atoms with Gasteiger partial charge in [0.2, 0.25) is 0 Å². The van der Waals surface area contributed by atoms with Gasteiger partial charge in [-0.15, -0.1) is 0 Å². The van der Waals surface area contributed by atoms with E-state index in [-0.39, 0.29) is 0 Å². The summed E-state index contributed by atoms with van der Waals surface area (Å²) in [5.41, 5.74) is 0. The van der Waals surface area contributed by atoms with E-state index in [2.05, 4.69) is 4.75 Å². The molecular formula is C3H5N2P. The summed E-state index contributed by atoms with van der Waals surface area (Å²) >= 11 is 0. The summed E-state index contributed by atoms with van der Waals surface area (Å²) in [6.45, 7) is 0. The molecule has 32 valence electrons. The van der Waals surface area contributed by atoms with Crippen LogP contribution in [0, 0.1) is 0 Å². The smallest absolute Gasteiger partial charge is 0.0996 e. The van der Waals surface area contributed by atoms with Crippen molar-refractivity contribution in [2.75, 3.05) is 0 Å². The summed E-state index contributed by atoms with van der Waals surface area (Å²) in [7, 11) is 3.02. The lowest BCUT2D eigenvalue weighted by molar-refractivity contribution is 0.914. The molecule has 0 fully saturated rings. The zero-order valence-corrected chi connectivity index (χ0v) is 4.39. The van der Waals surface area contributed by atoms with Crippen LogP contribution in [0.2, 0.25) is 0 Å². The topological polar surface area (TPSA) is 17.8 Å². The lowest BCUT2D eigenvalue weighted by atomic mass is 11.1. The minimum atomic E-state index is 1.06. The van der Waals surface area contributed by atoms with Crippen LogP contribution in [0.4, 0.5) is 0 Å². The van der Waals surface area contributed by atoms with Crippen LogP contribution in [0.1, 0.15) is 0 Å². The summed E-state index contributed by atoms with van der Waals surface area (Å²) in [6, 6.07) is 0. The van der Waals surface area contributed by atoms with Crippen LogP contribution in [0.25, 0.3) is 0 Å². The molecule has 1 heterocycles. The molecule has 0 radical (unpaired) electrons. The van der Waals surface area contributed by atoms with Gasteiger partial charge in [0.15, 0.2) is 0 Å². The van der Waals surface area contributed by atoms with Crippen molar-refractivity contribution in [1.29, 1.82) is 0 Å². The molecule has 0 saturated carbocycles. The highest BCUT2D eigenvalue weighted by molar-refractivity contribution is 7.24. The van der Waals surface area contributed by atoms with Crippen LogP contribution in [0.3, 0.4) is 0 Å². The summed E-state index contributed by atoms with van der Waals surface area (Å²) < 4.78 is 5.81. The fourth-order valence-corrected chi connectivity index (χ4v) is 0.757. The van der Waals surface area contributed by atoms with Crippen molar-refractivity contribution >= 4 is 8.35 Å². The summed E-state index contributed by atoms with van der Waals surface area (Å²) in [5.74, 6) is 1.99. The molecule has 2 nitrogen and oxygen atoms in total. The van der Waals surface area contributed by atoms with Gasteiger partial charge in [-0.25, -0.2) is 4.75 Å². The summed E-state index contributed by atoms with van der Waals surface area (Å²) in [5, 5.41) is 0. The SMILES string of the molecule is Cn1cnpc1. The van der Waals surface area contributed by atoms with E-state index >= 15 is 0 Å². The van der Waals surface area contributed by atoms with Crippen molar-refractivity contribution in [3.63, 3.8) is 0 Å². The zero-order valence-electron chi connectivity index (χ0n) is 3.50. The number of nitrogens with zero attached hydrogens (tertiary/aromatic N) is 2. The van der Waals surface area contributed by atoms with Gasteiger partial charge in [0, 0.05) is 7.05 Å². The van der Waals surface area contributed by atoms with Crippen molar-refractivity contribution in [3.05, 3.63) is 12.3 Å². The van der Waals surface area contributed by atoms with Crippen LogP contribution in [-0.2, 0) is 7.05 Å². The second-order valence-electron chi connectivity index (χ2n) is 1.13. The van der Waals surface area contributed by atoms with Gasteiger partial charge >= 0.3 is 0 Å². The highest BCUT2D eigenvalue weighted by Crippen LogP contribution is 1.92. The molecule has 0 aromatic carbocycles. The number of hydrogen-bond donors (Lipinski definition) is 0. The van der Waals surface area contributed by atoms with Crippen molar-refractivity contribution in [2.24, 2.45) is 7.05 Å². The lowest BCUT2D eigenvalue weighted by Crippen LogP contribution is -1.76. The van der Waals surface area contributed by atoms with Crippen LogP contribution in [0.5, 0.6) is 0 Å². The van der Waals surface area contributed by atoms with Crippen molar-refractivity contribution < 1.29 is 0 Å². The molecule has 3 heteroatoms. The number of aryl methyl sites for hydroxylation is 1. The van der Waals surface area contributed by atoms with E-state index in [4.69, 9.17) is 0 Å². The highest BCUT2D eigenvalue weighted by Gasteiger charge is 1.70. The molecule has 0 amide bonds. The Morgan fingerprint density at radius 2 is 2.67 bits per heavy atom. The van der Waals surface area contributed by atoms with E-state index in [1.165, 1.54) is 0 Å². The van der Waals surface area contributed by atoms with Gasteiger partial charge in [-0.1, -0.05) is 0 Å². The Hall–Kier alpha value is -0.360. The second kappa shape index (κ2) is 1.39. The maximum Gasteiger partial charge on any atom is 0.0996 e. The van der Waals surface area contributed by atoms with E-state index in [1.54, 1.807) is 6.33 Å². The first-order chi connectivity index (χ1) is 2.89. The fourth-order valence-electron chi connectivity index (χ4n) is 0.252. The van der Waals surface area contributed by atoms with Gasteiger partial charge < -0.3 is 4.57 Å². The third-order valence-electron chi connectivity index (χ3n) is 0.534. The second-order valence-corrected chi connectivity index (χ2v) is 1.82. The average Bonchev–Trinajstić information content (AvgIpc) is 1.86. The molecule has 0 aliphatic carbocycles. The van der Waals surface area contributed by atoms with Gasteiger partial charge in [-0.3, -0.25) is 0 Å². The molecule has 0 aliphatic rings. The Labute approximate surface area is 38.0 Å². The van der Waals surface area contributed by atoms with Gasteiger partial charge in [0.1, 0.15) is 0 Å². The Morgan fingerprint density at radius 1 is 1.83 bits per heavy atom. The van der Waals surface area contributed by atoms with E-state index in [0.29, 0.717) is 0 Å². The molecule has 0 saturated heterocycles. The molecular weight excluding hydrogens is 95.0 g/mol. The van der Waals surface area contributed by atoms with Gasteiger partial charge in [-0.05, 0) is 0 Å². The first-order valence-corrected chi connectivity index (χ1v) is 2.60. The van der Waals surface area contributed by atoms with Gasteiger partial charge in [-0.2, -0.15) is 0 Å². The molecule has 1 aromatic rings. The normalized spacial score (nSPS) is 10.2. The monoisotopic (exact) mass is 100 g/mol. The zero-order chi connectivity index (χ0) is 4.41. The Bertz CT molecular complexity index is 112. The predicted molar refractivity (Wildman–Crippen MR) is 25.7 cm³/mol. The molecule has 1 rings (SSSR count). The Morgan fingerprint density at radius 3 is 2.83 bits per heavy atom. The first-order valence-electron chi connectivity index (χ1n) is 1.68. The summed E-state index contributed by atoms with van der Waals surface area (Å²) in [4.78, 5) is 0. The molecule has 0 spiro atoms. The van der Waals surface area contributed by atoms with Crippen LogP contribution in [0.15, 0.2) is 12.3 Å². The lowest BCUT2D eigenvalue weighted by Gasteiger charge is -1.75. The molecule has 0 atom stereocenters. The maximum atomic E-state index is 3.88. The van der Waals surface area contributed by atoms with Crippen molar-refractivity contribution in [1.82, 2.24) is 9.31 Å². The predicted octanol–water partition coefficient (Wildman–Crippen LogP) is 1.00. The van der Waals surface area contributed by atoms with E-state index in [0.717, 1.165) is 8.35 Å². The van der Waals surface area contributed by atoms with Crippen LogP contribution in [-0.4, -0.2) is 9.31 Å². The summed E-state index contributed by atoms with van der Waals surface area (Å²) in [6.07, 6.45) is 1.79. The van der Waals surface area contributed by atoms with E-state index in [9.17, 15) is 0 Å². The molecule has 0 unspecified atom stereocenters. The minimum absolute atomic E-state index is 1.06. The average molecular weight is 100 g/mol. The van der Waals surface area contributed by atoms with Crippen molar-refractivity contribution in [3.8, 4) is 0 Å². The molecule has 0 aliphatic heterocycles. The van der Waals surface area contributed by atoms with E-state index < -0.39 is 0 Å². The minimum Gasteiger partial charge on any atom is -0.336 e. The van der Waals surface area contributed by atoms with Gasteiger partial charge in [0.25, 0.3) is 0 Å². The number of aromatic nitrogens is 2.